The average Bonchev–Trinajstić information content (AvgIpc) is 2.78. The van der Waals surface area contributed by atoms with Gasteiger partial charge in [-0.3, -0.25) is 9.59 Å². The summed E-state index contributed by atoms with van der Waals surface area (Å²) in [6.45, 7) is 10.7. The van der Waals surface area contributed by atoms with Crippen LogP contribution in [0.15, 0.2) is 77.6 Å². The molecule has 0 unspecified atom stereocenters. The van der Waals surface area contributed by atoms with E-state index in [0.717, 1.165) is 27.7 Å². The molecule has 33 heavy (non-hydrogen) atoms. The molecular weight excluding hydrogens is 408 g/mol. The Labute approximate surface area is 194 Å². The Bertz CT molecular complexity index is 1360. The van der Waals surface area contributed by atoms with Gasteiger partial charge in [0.25, 0.3) is 11.5 Å². The summed E-state index contributed by atoms with van der Waals surface area (Å²) in [6.07, 6.45) is 0. The van der Waals surface area contributed by atoms with E-state index in [1.54, 1.807) is 4.90 Å². The predicted octanol–water partition coefficient (Wildman–Crippen LogP) is 6.29. The van der Waals surface area contributed by atoms with Gasteiger partial charge in [-0.1, -0.05) is 62.2 Å². The van der Waals surface area contributed by atoms with Crippen molar-refractivity contribution >= 4 is 22.5 Å². The molecule has 1 heterocycles. The number of aromatic amines is 1. The van der Waals surface area contributed by atoms with Gasteiger partial charge in [-0.05, 0) is 72.7 Å². The summed E-state index contributed by atoms with van der Waals surface area (Å²) in [5.74, 6) is -0.136. The first kappa shape index (κ1) is 22.5. The lowest BCUT2D eigenvalue weighted by atomic mass is 9.86. The summed E-state index contributed by atoms with van der Waals surface area (Å²) in [5.41, 5.74) is 5.92. The normalized spacial score (nSPS) is 11.5. The van der Waals surface area contributed by atoms with Gasteiger partial charge in [0, 0.05) is 22.3 Å². The first-order chi connectivity index (χ1) is 15.6. The van der Waals surface area contributed by atoms with E-state index in [4.69, 9.17) is 0 Å². The van der Waals surface area contributed by atoms with Crippen LogP contribution in [0, 0.1) is 13.8 Å². The number of hydrogen-bond donors (Lipinski definition) is 1. The molecule has 0 saturated heterocycles. The number of amides is 1. The van der Waals surface area contributed by atoms with E-state index in [1.807, 2.05) is 86.6 Å². The van der Waals surface area contributed by atoms with Gasteiger partial charge in [-0.2, -0.15) is 0 Å². The van der Waals surface area contributed by atoms with E-state index in [1.165, 1.54) is 5.56 Å². The van der Waals surface area contributed by atoms with Crippen molar-refractivity contribution in [2.24, 2.45) is 0 Å². The van der Waals surface area contributed by atoms with Crippen molar-refractivity contribution in [1.82, 2.24) is 4.98 Å². The van der Waals surface area contributed by atoms with Crippen LogP contribution in [0.1, 0.15) is 53.4 Å². The van der Waals surface area contributed by atoms with E-state index in [9.17, 15) is 9.59 Å². The number of hydrogen-bond acceptors (Lipinski definition) is 2. The molecule has 168 valence electrons. The van der Waals surface area contributed by atoms with Crippen molar-refractivity contribution < 1.29 is 4.79 Å². The smallest absolute Gasteiger partial charge is 0.258 e. The van der Waals surface area contributed by atoms with Crippen molar-refractivity contribution in [3.05, 3.63) is 111 Å². The summed E-state index contributed by atoms with van der Waals surface area (Å²) >= 11 is 0. The van der Waals surface area contributed by atoms with Crippen LogP contribution in [0.3, 0.4) is 0 Å². The molecule has 4 rings (SSSR count). The van der Waals surface area contributed by atoms with Gasteiger partial charge in [0.2, 0.25) is 0 Å². The molecule has 0 spiro atoms. The van der Waals surface area contributed by atoms with E-state index >= 15 is 0 Å². The Balaban J connectivity index is 1.75. The molecule has 4 nitrogen and oxygen atoms in total. The van der Waals surface area contributed by atoms with Gasteiger partial charge in [-0.25, -0.2) is 0 Å². The first-order valence-electron chi connectivity index (χ1n) is 11.2. The van der Waals surface area contributed by atoms with Crippen molar-refractivity contribution in [2.45, 2.75) is 46.6 Å². The van der Waals surface area contributed by atoms with E-state index < -0.39 is 0 Å². The number of fused-ring (bicyclic) bond motifs is 1. The van der Waals surface area contributed by atoms with Crippen molar-refractivity contribution in [3.8, 4) is 0 Å². The minimum absolute atomic E-state index is 0.00867. The van der Waals surface area contributed by atoms with Crippen molar-refractivity contribution in [3.63, 3.8) is 0 Å². The molecule has 0 fully saturated rings. The number of aromatic nitrogens is 1. The number of H-pyrrole nitrogens is 1. The van der Waals surface area contributed by atoms with Crippen LogP contribution >= 0.6 is 0 Å². The molecule has 0 aliphatic heterocycles. The van der Waals surface area contributed by atoms with Gasteiger partial charge < -0.3 is 9.88 Å². The number of pyridine rings is 1. The highest BCUT2D eigenvalue weighted by molar-refractivity contribution is 6.06. The predicted molar refractivity (Wildman–Crippen MR) is 136 cm³/mol. The highest BCUT2D eigenvalue weighted by Crippen LogP contribution is 2.25. The van der Waals surface area contributed by atoms with Crippen LogP contribution in [0.2, 0.25) is 0 Å². The zero-order valence-corrected chi connectivity index (χ0v) is 19.9. The third-order valence-electron chi connectivity index (χ3n) is 5.99. The number of carbonyl (C=O) groups is 1. The van der Waals surface area contributed by atoms with Gasteiger partial charge in [0.1, 0.15) is 0 Å². The van der Waals surface area contributed by atoms with Crippen LogP contribution in [0.4, 0.5) is 5.69 Å². The summed E-state index contributed by atoms with van der Waals surface area (Å²) < 4.78 is 0. The summed E-state index contributed by atoms with van der Waals surface area (Å²) in [6, 6.07) is 23.4. The number of benzene rings is 3. The molecule has 1 N–H and O–H groups in total. The zero-order valence-electron chi connectivity index (χ0n) is 19.9. The van der Waals surface area contributed by atoms with E-state index in [2.05, 4.69) is 25.8 Å². The van der Waals surface area contributed by atoms with Crippen LogP contribution < -0.4 is 10.5 Å². The van der Waals surface area contributed by atoms with Gasteiger partial charge >= 0.3 is 0 Å². The second-order valence-electron chi connectivity index (χ2n) is 9.77. The van der Waals surface area contributed by atoms with Crippen LogP contribution in [-0.4, -0.2) is 10.9 Å². The minimum atomic E-state index is -0.181. The molecule has 3 aromatic carbocycles. The zero-order chi connectivity index (χ0) is 23.8. The third-order valence-corrected chi connectivity index (χ3v) is 5.99. The van der Waals surface area contributed by atoms with Crippen molar-refractivity contribution in [2.75, 3.05) is 4.90 Å². The Morgan fingerprint density at radius 3 is 2.12 bits per heavy atom. The molecular formula is C29H30N2O2. The van der Waals surface area contributed by atoms with Gasteiger partial charge in [0.05, 0.1) is 6.54 Å². The Morgan fingerprint density at radius 1 is 0.848 bits per heavy atom. The lowest BCUT2D eigenvalue weighted by Crippen LogP contribution is -2.33. The average molecular weight is 439 g/mol. The van der Waals surface area contributed by atoms with E-state index in [0.29, 0.717) is 11.1 Å². The molecule has 4 aromatic rings. The van der Waals surface area contributed by atoms with Crippen LogP contribution in [0.25, 0.3) is 10.9 Å². The Kier molecular flexibility index (Phi) is 5.94. The number of rotatable bonds is 4. The maximum absolute atomic E-state index is 13.6. The molecule has 0 bridgehead atoms. The summed E-state index contributed by atoms with van der Waals surface area (Å²) in [7, 11) is 0. The Morgan fingerprint density at radius 2 is 1.48 bits per heavy atom. The second kappa shape index (κ2) is 8.70. The molecule has 0 aliphatic rings. The fourth-order valence-electron chi connectivity index (χ4n) is 3.93. The molecule has 0 radical (unpaired) electrons. The SMILES string of the molecule is Cc1ccc(N(Cc2cc3cc(C)ccc3[nH]c2=O)C(=O)c2ccc(C(C)(C)C)cc2)cc1. The van der Waals surface area contributed by atoms with Crippen LogP contribution in [0.5, 0.6) is 0 Å². The number of carbonyl (C=O) groups excluding carboxylic acids is 1. The van der Waals surface area contributed by atoms with Crippen molar-refractivity contribution in [1.29, 1.82) is 0 Å². The molecule has 4 heteroatoms. The van der Waals surface area contributed by atoms with Crippen LogP contribution in [-0.2, 0) is 12.0 Å². The van der Waals surface area contributed by atoms with E-state index in [-0.39, 0.29) is 23.4 Å². The molecule has 0 saturated carbocycles. The largest absolute Gasteiger partial charge is 0.322 e. The van der Waals surface area contributed by atoms with Gasteiger partial charge in [0.15, 0.2) is 0 Å². The second-order valence-corrected chi connectivity index (χ2v) is 9.77. The lowest BCUT2D eigenvalue weighted by molar-refractivity contribution is 0.0985. The first-order valence-corrected chi connectivity index (χ1v) is 11.2. The highest BCUT2D eigenvalue weighted by atomic mass is 16.2. The number of aryl methyl sites for hydroxylation is 2. The fourth-order valence-corrected chi connectivity index (χ4v) is 3.93. The quantitative estimate of drug-likeness (QED) is 0.407. The number of nitrogens with zero attached hydrogens (tertiary/aromatic N) is 1. The maximum Gasteiger partial charge on any atom is 0.258 e. The highest BCUT2D eigenvalue weighted by Gasteiger charge is 2.21. The standard InChI is InChI=1S/C29H30N2O2/c1-19-6-13-25(14-7-19)31(28(33)21-9-11-24(12-10-21)29(3,4)5)18-23-17-22-16-20(2)8-15-26(22)30-27(23)32/h6-17H,18H2,1-5H3,(H,30,32). The monoisotopic (exact) mass is 438 g/mol. The Hall–Kier alpha value is -3.66. The summed E-state index contributed by atoms with van der Waals surface area (Å²) in [5, 5.41) is 0.954. The molecule has 0 aliphatic carbocycles. The minimum Gasteiger partial charge on any atom is -0.322 e. The third kappa shape index (κ3) is 4.90. The number of anilines is 1. The number of nitrogens with one attached hydrogen (secondary N) is 1. The molecule has 0 atom stereocenters. The van der Waals surface area contributed by atoms with Gasteiger partial charge in [-0.15, -0.1) is 0 Å². The topological polar surface area (TPSA) is 53.2 Å². The molecule has 1 aromatic heterocycles. The summed E-state index contributed by atoms with van der Waals surface area (Å²) in [4.78, 5) is 31.1. The molecule has 1 amide bonds. The maximum atomic E-state index is 13.6. The lowest BCUT2D eigenvalue weighted by Gasteiger charge is -2.24. The fraction of sp³-hybridized carbons (Fsp3) is 0.241.